The molecule has 2 aliphatic carbocycles. The van der Waals surface area contributed by atoms with E-state index in [0.29, 0.717) is 5.41 Å². The van der Waals surface area contributed by atoms with Crippen LogP contribution in [0.5, 0.6) is 0 Å². The van der Waals surface area contributed by atoms with Crippen LogP contribution in [0.4, 0.5) is 0 Å². The second kappa shape index (κ2) is 16.6. The minimum atomic E-state index is 0. The fourth-order valence-corrected chi connectivity index (χ4v) is 2.22. The summed E-state index contributed by atoms with van der Waals surface area (Å²) >= 11 is 0. The molecule has 0 aromatic rings. The first-order valence-electron chi connectivity index (χ1n) is 5.94. The van der Waals surface area contributed by atoms with Crippen molar-refractivity contribution in [3.63, 3.8) is 0 Å². The van der Waals surface area contributed by atoms with Crippen molar-refractivity contribution in [3.8, 4) is 0 Å². The summed E-state index contributed by atoms with van der Waals surface area (Å²) in [6, 6.07) is 0. The van der Waals surface area contributed by atoms with Gasteiger partial charge in [0.15, 0.2) is 0 Å². The van der Waals surface area contributed by atoms with Gasteiger partial charge in [-0.15, -0.1) is 0 Å². The molecule has 0 saturated heterocycles. The molecule has 0 aromatic heterocycles. The van der Waals surface area contributed by atoms with Crippen LogP contribution in [0, 0.1) is 40.0 Å². The van der Waals surface area contributed by atoms with E-state index in [1.165, 1.54) is 44.9 Å². The predicted octanol–water partition coefficient (Wildman–Crippen LogP) is 5.94. The van der Waals surface area contributed by atoms with Gasteiger partial charge < -0.3 is 28.7 Å². The molecule has 18 heavy (non-hydrogen) atoms. The van der Waals surface area contributed by atoms with E-state index < -0.39 is 0 Å². The van der Waals surface area contributed by atoms with Crippen LogP contribution in [-0.2, 0) is 45.7 Å². The summed E-state index contributed by atoms with van der Waals surface area (Å²) in [4.78, 5) is 0. The van der Waals surface area contributed by atoms with Gasteiger partial charge in [-0.25, -0.2) is 0 Å². The summed E-state index contributed by atoms with van der Waals surface area (Å²) in [7, 11) is 0. The van der Waals surface area contributed by atoms with Gasteiger partial charge in [-0.2, -0.15) is 12.8 Å². The van der Waals surface area contributed by atoms with Crippen LogP contribution in [0.3, 0.4) is 0 Å². The van der Waals surface area contributed by atoms with Crippen molar-refractivity contribution in [2.75, 3.05) is 0 Å². The van der Waals surface area contributed by atoms with Gasteiger partial charge >= 0.3 is 0 Å². The third-order valence-electron chi connectivity index (χ3n) is 3.86. The summed E-state index contributed by atoms with van der Waals surface area (Å²) in [6.07, 6.45) is 12.3. The molecule has 2 aliphatic rings. The Morgan fingerprint density at radius 3 is 1.50 bits per heavy atom. The average molecular weight is 383 g/mol. The van der Waals surface area contributed by atoms with Crippen molar-refractivity contribution in [2.24, 2.45) is 11.3 Å². The van der Waals surface area contributed by atoms with Gasteiger partial charge in [0, 0.05) is 45.7 Å². The largest absolute Gasteiger partial charge is 0.358 e. The Morgan fingerprint density at radius 1 is 0.944 bits per heavy atom. The predicted molar refractivity (Wildman–Crippen MR) is 78.8 cm³/mol. The van der Waals surface area contributed by atoms with Crippen molar-refractivity contribution in [3.05, 3.63) is 28.7 Å². The zero-order valence-electron chi connectivity index (χ0n) is 13.8. The second-order valence-corrected chi connectivity index (χ2v) is 5.35. The van der Waals surface area contributed by atoms with Crippen LogP contribution in [-0.4, -0.2) is 0 Å². The summed E-state index contributed by atoms with van der Waals surface area (Å²) < 4.78 is 0. The van der Waals surface area contributed by atoms with Crippen LogP contribution in [0.15, 0.2) is 0 Å². The quantitative estimate of drug-likeness (QED) is 0.359. The van der Waals surface area contributed by atoms with E-state index in [-0.39, 0.29) is 68.0 Å². The zero-order chi connectivity index (χ0) is 9.73. The van der Waals surface area contributed by atoms with Crippen LogP contribution in [0.2, 0.25) is 0 Å². The van der Waals surface area contributed by atoms with Crippen molar-refractivity contribution < 1.29 is 45.7 Å². The third kappa shape index (κ3) is 12.5. The molecule has 0 nitrogen and oxygen atoms in total. The maximum atomic E-state index is 2.38. The summed E-state index contributed by atoms with van der Waals surface area (Å²) in [5.41, 5.74) is 0.653. The number of hydrogen-bond acceptors (Lipinski definition) is 0. The van der Waals surface area contributed by atoms with Gasteiger partial charge in [-0.1, -0.05) is 46.5 Å². The van der Waals surface area contributed by atoms with Crippen molar-refractivity contribution in [1.29, 1.82) is 0 Å². The average Bonchev–Trinajstić information content (AvgIpc) is 2.66. The van der Waals surface area contributed by atoms with Gasteiger partial charge in [0.1, 0.15) is 0 Å². The maximum absolute atomic E-state index is 2.38. The van der Waals surface area contributed by atoms with E-state index in [1.54, 1.807) is 0 Å². The molecule has 0 amide bonds. The Kier molecular flexibility index (Phi) is 29.2. The molecule has 1 unspecified atom stereocenters. The number of hydrogen-bond donors (Lipinski definition) is 0. The molecule has 1 atom stereocenters. The smallest absolute Gasteiger partial charge is 0 e. The van der Waals surface area contributed by atoms with Gasteiger partial charge in [-0.3, -0.25) is 0 Å². The van der Waals surface area contributed by atoms with Crippen molar-refractivity contribution in [1.82, 2.24) is 0 Å². The normalized spacial score (nSPS) is 22.5. The molecule has 0 aliphatic heterocycles. The van der Waals surface area contributed by atoms with E-state index in [2.05, 4.69) is 27.2 Å². The monoisotopic (exact) mass is 380 g/mol. The van der Waals surface area contributed by atoms with Gasteiger partial charge in [0.05, 0.1) is 0 Å². The van der Waals surface area contributed by atoms with Gasteiger partial charge in [0.2, 0.25) is 0 Å². The first kappa shape index (κ1) is 31.7. The fraction of sp³-hybridized carbons (Fsp3) is 0.750. The van der Waals surface area contributed by atoms with Gasteiger partial charge in [-0.05, 0) is 17.8 Å². The molecule has 0 radical (unpaired) electrons. The molecule has 2 rings (SSSR count). The molecule has 2 fully saturated rings. The topological polar surface area (TPSA) is 0 Å². The van der Waals surface area contributed by atoms with Crippen LogP contribution >= 0.6 is 0 Å². The molecule has 108 valence electrons. The summed E-state index contributed by atoms with van der Waals surface area (Å²) in [5, 5.41) is 0. The molecular formula is C16H34ZnZr-4. The summed E-state index contributed by atoms with van der Waals surface area (Å²) in [6.45, 7) is 7.13. The molecule has 0 bridgehead atoms. The van der Waals surface area contributed by atoms with E-state index in [1.807, 2.05) is 0 Å². The molecular weight excluding hydrogens is 349 g/mol. The Labute approximate surface area is 150 Å². The third-order valence-corrected chi connectivity index (χ3v) is 3.86. The molecule has 2 saturated carbocycles. The van der Waals surface area contributed by atoms with Crippen LogP contribution in [0.25, 0.3) is 0 Å². The minimum Gasteiger partial charge on any atom is -0.358 e. The zero-order valence-corrected chi connectivity index (χ0v) is 19.2. The van der Waals surface area contributed by atoms with Crippen LogP contribution in [0.1, 0.15) is 65.7 Å². The first-order valence-corrected chi connectivity index (χ1v) is 5.94. The van der Waals surface area contributed by atoms with Crippen molar-refractivity contribution >= 4 is 0 Å². The van der Waals surface area contributed by atoms with E-state index in [4.69, 9.17) is 0 Å². The van der Waals surface area contributed by atoms with E-state index in [0.717, 1.165) is 5.92 Å². The van der Waals surface area contributed by atoms with Gasteiger partial charge in [0.25, 0.3) is 0 Å². The molecule has 2 heteroatoms. The Bertz CT molecular complexity index is 134. The first-order chi connectivity index (χ1) is 6.13. The van der Waals surface area contributed by atoms with Crippen LogP contribution < -0.4 is 0 Å². The molecule has 0 heterocycles. The fourth-order valence-electron chi connectivity index (χ4n) is 2.22. The van der Waals surface area contributed by atoms with E-state index in [9.17, 15) is 0 Å². The Balaban J connectivity index is -0.0000000513. The Hall–Kier alpha value is 1.51. The standard InChI is InChI=1S/C8H16.C5H9.3CH3.Zn.Zr/c1-7-5-4-6-8(7,2)3;1-2-4-5-3-1;;;;;/h7H,4-6H2,1-3H3;1H,2-5H2;3*1H3;;/q;4*-1;;. The Morgan fingerprint density at radius 2 is 1.39 bits per heavy atom. The molecule has 0 spiro atoms. The molecule has 0 aromatic carbocycles. The SMILES string of the molecule is CC1CCCC1(C)C.[CH-]1CCCC1.[CH3-].[CH3-].[CH3-].[Zn].[Zr]. The minimum absolute atomic E-state index is 0. The van der Waals surface area contributed by atoms with E-state index >= 15 is 0 Å². The molecule has 0 N–H and O–H groups in total. The number of rotatable bonds is 0. The summed E-state index contributed by atoms with van der Waals surface area (Å²) in [5.74, 6) is 0.961. The maximum Gasteiger partial charge on any atom is 0 e. The second-order valence-electron chi connectivity index (χ2n) is 5.35. The van der Waals surface area contributed by atoms with Crippen molar-refractivity contribution in [2.45, 2.75) is 65.7 Å².